The lowest BCUT2D eigenvalue weighted by Gasteiger charge is -2.32. The van der Waals surface area contributed by atoms with Gasteiger partial charge < -0.3 is 14.7 Å². The molecule has 0 bridgehead atoms. The highest BCUT2D eigenvalue weighted by atomic mass is 16.6. The van der Waals surface area contributed by atoms with Gasteiger partial charge in [0.2, 0.25) is 0 Å². The first-order chi connectivity index (χ1) is 9.40. The second kappa shape index (κ2) is 6.31. The number of carbonyl (C=O) groups is 1. The van der Waals surface area contributed by atoms with Crippen LogP contribution in [0.5, 0.6) is 0 Å². The Morgan fingerprint density at radius 2 is 2.05 bits per heavy atom. The molecule has 116 valence electrons. The molecule has 1 aliphatic carbocycles. The number of hydrogen-bond donors (Lipinski definition) is 1. The Labute approximate surface area is 121 Å². The number of carbonyl (C=O) groups excluding carboxylic acids is 1. The van der Waals surface area contributed by atoms with Crippen molar-refractivity contribution in [3.63, 3.8) is 0 Å². The summed E-state index contributed by atoms with van der Waals surface area (Å²) >= 11 is 0. The van der Waals surface area contributed by atoms with Gasteiger partial charge in [-0.1, -0.05) is 0 Å². The number of rotatable bonds is 5. The Hall–Kier alpha value is -0.810. The quantitative estimate of drug-likeness (QED) is 0.837. The van der Waals surface area contributed by atoms with E-state index in [1.807, 2.05) is 25.7 Å². The second-order valence-corrected chi connectivity index (χ2v) is 6.92. The van der Waals surface area contributed by atoms with Crippen LogP contribution in [0, 0.1) is 0 Å². The zero-order chi connectivity index (χ0) is 14.8. The van der Waals surface area contributed by atoms with Crippen molar-refractivity contribution in [3.05, 3.63) is 0 Å². The molecule has 20 heavy (non-hydrogen) atoms. The van der Waals surface area contributed by atoms with E-state index >= 15 is 0 Å². The summed E-state index contributed by atoms with van der Waals surface area (Å²) in [6.07, 6.45) is 4.25. The van der Waals surface area contributed by atoms with Crippen molar-refractivity contribution in [3.8, 4) is 0 Å². The van der Waals surface area contributed by atoms with Crippen LogP contribution >= 0.6 is 0 Å². The van der Waals surface area contributed by atoms with Crippen LogP contribution in [0.15, 0.2) is 0 Å². The molecule has 2 aliphatic rings. The Morgan fingerprint density at radius 1 is 1.35 bits per heavy atom. The fraction of sp³-hybridized carbons (Fsp3) is 0.933. The van der Waals surface area contributed by atoms with Gasteiger partial charge in [0.05, 0.1) is 6.61 Å². The third kappa shape index (κ3) is 4.35. The van der Waals surface area contributed by atoms with Crippen molar-refractivity contribution >= 4 is 6.09 Å². The summed E-state index contributed by atoms with van der Waals surface area (Å²) < 4.78 is 5.53. The lowest BCUT2D eigenvalue weighted by atomic mass is 10.2. The summed E-state index contributed by atoms with van der Waals surface area (Å²) in [7, 11) is 0. The van der Waals surface area contributed by atoms with E-state index in [1.54, 1.807) is 0 Å². The number of β-amino-alcohol motifs (C(OH)–C–C–N with tert-alkyl or cyclic N) is 1. The molecule has 0 aromatic heterocycles. The van der Waals surface area contributed by atoms with Crippen LogP contribution < -0.4 is 0 Å². The van der Waals surface area contributed by atoms with E-state index in [0.29, 0.717) is 18.6 Å². The largest absolute Gasteiger partial charge is 0.444 e. The first kappa shape index (κ1) is 15.6. The van der Waals surface area contributed by atoms with Gasteiger partial charge in [-0.05, 0) is 53.0 Å². The molecular formula is C15H28N2O3. The monoisotopic (exact) mass is 284 g/mol. The molecule has 0 spiro atoms. The van der Waals surface area contributed by atoms with Gasteiger partial charge >= 0.3 is 6.09 Å². The third-order valence-corrected chi connectivity index (χ3v) is 3.91. The number of nitrogens with zero attached hydrogens (tertiary/aromatic N) is 2. The highest BCUT2D eigenvalue weighted by Crippen LogP contribution is 2.30. The normalized spacial score (nSPS) is 23.9. The minimum atomic E-state index is -0.440. The first-order valence-electron chi connectivity index (χ1n) is 7.75. The fourth-order valence-electron chi connectivity index (χ4n) is 2.83. The lowest BCUT2D eigenvalue weighted by molar-refractivity contribution is 0.0182. The number of likely N-dealkylation sites (tertiary alicyclic amines) is 1. The standard InChI is InChI=1S/C15H28N2O3/c1-15(2,3)20-14(19)17(12-6-7-12)11-13-5-4-8-16(13)9-10-18/h12-13,18H,4-11H2,1-3H3/t13-/m1/s1. The van der Waals surface area contributed by atoms with E-state index in [1.165, 1.54) is 0 Å². The van der Waals surface area contributed by atoms with Crippen molar-refractivity contribution in [2.75, 3.05) is 26.2 Å². The predicted molar refractivity (Wildman–Crippen MR) is 77.6 cm³/mol. The number of hydrogen-bond acceptors (Lipinski definition) is 4. The van der Waals surface area contributed by atoms with E-state index in [0.717, 1.165) is 38.8 Å². The first-order valence-corrected chi connectivity index (χ1v) is 7.75. The van der Waals surface area contributed by atoms with E-state index in [2.05, 4.69) is 4.90 Å². The van der Waals surface area contributed by atoms with Crippen molar-refractivity contribution in [2.45, 2.75) is 64.1 Å². The topological polar surface area (TPSA) is 53.0 Å². The highest BCUT2D eigenvalue weighted by molar-refractivity contribution is 5.69. The molecule has 2 rings (SSSR count). The Kier molecular flexibility index (Phi) is 4.91. The molecular weight excluding hydrogens is 256 g/mol. The van der Waals surface area contributed by atoms with Crippen LogP contribution in [0.4, 0.5) is 4.79 Å². The number of ether oxygens (including phenoxy) is 1. The molecule has 1 saturated carbocycles. The third-order valence-electron chi connectivity index (χ3n) is 3.91. The molecule has 5 nitrogen and oxygen atoms in total. The molecule has 0 radical (unpaired) electrons. The predicted octanol–water partition coefficient (Wildman–Crippen LogP) is 1.84. The van der Waals surface area contributed by atoms with Gasteiger partial charge in [-0.3, -0.25) is 4.90 Å². The summed E-state index contributed by atoms with van der Waals surface area (Å²) in [4.78, 5) is 16.5. The molecule has 1 N–H and O–H groups in total. The van der Waals surface area contributed by atoms with Gasteiger partial charge in [0.1, 0.15) is 5.60 Å². The zero-order valence-corrected chi connectivity index (χ0v) is 13.0. The molecule has 1 aliphatic heterocycles. The maximum absolute atomic E-state index is 12.3. The minimum absolute atomic E-state index is 0.184. The van der Waals surface area contributed by atoms with Gasteiger partial charge in [-0.2, -0.15) is 0 Å². The van der Waals surface area contributed by atoms with E-state index < -0.39 is 5.60 Å². The van der Waals surface area contributed by atoms with Crippen LogP contribution in [0.1, 0.15) is 46.5 Å². The average Bonchev–Trinajstić information content (AvgIpc) is 3.07. The van der Waals surface area contributed by atoms with Gasteiger partial charge in [0.15, 0.2) is 0 Å². The summed E-state index contributed by atoms with van der Waals surface area (Å²) in [5.41, 5.74) is -0.440. The number of amides is 1. The lowest BCUT2D eigenvalue weighted by Crippen LogP contribution is -2.46. The van der Waals surface area contributed by atoms with Crippen LogP contribution in [0.3, 0.4) is 0 Å². The maximum atomic E-state index is 12.3. The summed E-state index contributed by atoms with van der Waals surface area (Å²) in [6.45, 7) is 8.37. The minimum Gasteiger partial charge on any atom is -0.444 e. The van der Waals surface area contributed by atoms with Crippen molar-refractivity contribution in [1.29, 1.82) is 0 Å². The molecule has 1 saturated heterocycles. The van der Waals surface area contributed by atoms with Crippen LogP contribution in [0.25, 0.3) is 0 Å². The number of aliphatic hydroxyl groups excluding tert-OH is 1. The van der Waals surface area contributed by atoms with Gasteiger partial charge in [-0.25, -0.2) is 4.79 Å². The molecule has 0 aromatic carbocycles. The van der Waals surface area contributed by atoms with Crippen LogP contribution in [-0.2, 0) is 4.74 Å². The SMILES string of the molecule is CC(C)(C)OC(=O)N(C[C@H]1CCCN1CCO)C1CC1. The summed E-state index contributed by atoms with van der Waals surface area (Å²) in [5, 5.41) is 9.12. The summed E-state index contributed by atoms with van der Waals surface area (Å²) in [5.74, 6) is 0. The van der Waals surface area contributed by atoms with E-state index in [9.17, 15) is 4.79 Å². The van der Waals surface area contributed by atoms with Crippen LogP contribution in [0.2, 0.25) is 0 Å². The van der Waals surface area contributed by atoms with Crippen molar-refractivity contribution < 1.29 is 14.6 Å². The molecule has 2 fully saturated rings. The Balaban J connectivity index is 1.93. The smallest absolute Gasteiger partial charge is 0.410 e. The maximum Gasteiger partial charge on any atom is 0.410 e. The molecule has 0 unspecified atom stereocenters. The fourth-order valence-corrected chi connectivity index (χ4v) is 2.83. The second-order valence-electron chi connectivity index (χ2n) is 6.92. The van der Waals surface area contributed by atoms with Gasteiger partial charge in [0, 0.05) is 25.2 Å². The molecule has 1 amide bonds. The number of aliphatic hydroxyl groups is 1. The highest BCUT2D eigenvalue weighted by Gasteiger charge is 2.38. The van der Waals surface area contributed by atoms with Gasteiger partial charge in [-0.15, -0.1) is 0 Å². The van der Waals surface area contributed by atoms with Crippen molar-refractivity contribution in [2.24, 2.45) is 0 Å². The van der Waals surface area contributed by atoms with Crippen molar-refractivity contribution in [1.82, 2.24) is 9.80 Å². The van der Waals surface area contributed by atoms with Crippen LogP contribution in [-0.4, -0.2) is 64.9 Å². The molecule has 1 atom stereocenters. The molecule has 1 heterocycles. The zero-order valence-electron chi connectivity index (χ0n) is 13.0. The average molecular weight is 284 g/mol. The summed E-state index contributed by atoms with van der Waals surface area (Å²) in [6, 6.07) is 0.733. The molecule has 0 aromatic rings. The van der Waals surface area contributed by atoms with E-state index in [4.69, 9.17) is 9.84 Å². The molecule has 5 heteroatoms. The Bertz CT molecular complexity index is 337. The van der Waals surface area contributed by atoms with E-state index in [-0.39, 0.29) is 12.7 Å². The Morgan fingerprint density at radius 3 is 2.60 bits per heavy atom. The van der Waals surface area contributed by atoms with Gasteiger partial charge in [0.25, 0.3) is 0 Å².